The van der Waals surface area contributed by atoms with Crippen molar-refractivity contribution in [2.24, 2.45) is 0 Å². The van der Waals surface area contributed by atoms with Crippen LogP contribution >= 0.6 is 11.6 Å². The Morgan fingerprint density at radius 3 is 1.73 bits per heavy atom. The second kappa shape index (κ2) is 16.4. The molecule has 0 aliphatic carbocycles. The van der Waals surface area contributed by atoms with Crippen LogP contribution in [0, 0.1) is 0 Å². The third kappa shape index (κ3) is 16.9. The molecule has 2 nitrogen and oxygen atoms in total. The molecule has 0 aliphatic heterocycles. The van der Waals surface area contributed by atoms with Crippen LogP contribution in [0.2, 0.25) is 0 Å². The molecule has 0 heterocycles. The Labute approximate surface area is 150 Å². The van der Waals surface area contributed by atoms with Crippen molar-refractivity contribution in [3.8, 4) is 0 Å². The van der Waals surface area contributed by atoms with E-state index in [-0.39, 0.29) is 18.5 Å². The van der Waals surface area contributed by atoms with E-state index in [0.29, 0.717) is 5.88 Å². The van der Waals surface area contributed by atoms with Crippen LogP contribution < -0.4 is 12.4 Å². The highest BCUT2D eigenvalue weighted by Gasteiger charge is 2.16. The minimum absolute atomic E-state index is 0. The number of quaternary nitrogens is 1. The van der Waals surface area contributed by atoms with Crippen molar-refractivity contribution in [2.45, 2.75) is 83.7 Å². The highest BCUT2D eigenvalue weighted by atomic mass is 35.5. The molecule has 0 saturated heterocycles. The van der Waals surface area contributed by atoms with Gasteiger partial charge in [-0.25, -0.2) is 0 Å². The van der Waals surface area contributed by atoms with Gasteiger partial charge in [0.15, 0.2) is 0 Å². The molecule has 0 amide bonds. The number of aliphatic hydroxyl groups excluding tert-OH is 1. The first-order valence-corrected chi connectivity index (χ1v) is 9.61. The number of halogens is 2. The number of hydrogen-bond acceptors (Lipinski definition) is 1. The molecule has 0 radical (unpaired) electrons. The number of hydrogen-bond donors (Lipinski definition) is 1. The van der Waals surface area contributed by atoms with Crippen molar-refractivity contribution in [3.05, 3.63) is 0 Å². The van der Waals surface area contributed by atoms with E-state index in [1.165, 1.54) is 70.8 Å². The van der Waals surface area contributed by atoms with Gasteiger partial charge in [0.1, 0.15) is 0 Å². The lowest BCUT2D eigenvalue weighted by atomic mass is 10.1. The fourth-order valence-corrected chi connectivity index (χ4v) is 2.87. The van der Waals surface area contributed by atoms with Crippen molar-refractivity contribution < 1.29 is 22.0 Å². The average molecular weight is 356 g/mol. The molecular formula is C18H39Cl2NO. The fourth-order valence-electron chi connectivity index (χ4n) is 2.71. The van der Waals surface area contributed by atoms with Crippen LogP contribution in [-0.2, 0) is 0 Å². The normalized spacial score (nSPS) is 13.0. The van der Waals surface area contributed by atoms with Crippen LogP contribution in [0.15, 0.2) is 0 Å². The summed E-state index contributed by atoms with van der Waals surface area (Å²) in [5, 5.41) is 9.53. The van der Waals surface area contributed by atoms with E-state index in [4.69, 9.17) is 11.6 Å². The predicted octanol–water partition coefficient (Wildman–Crippen LogP) is 1.98. The minimum Gasteiger partial charge on any atom is -1.00 e. The first-order chi connectivity index (χ1) is 10.0. The molecule has 0 aromatic heterocycles. The third-order valence-corrected chi connectivity index (χ3v) is 4.72. The summed E-state index contributed by atoms with van der Waals surface area (Å²) in [5.41, 5.74) is 0. The number of unbranched alkanes of at least 4 members (excludes halogenated alkanes) is 9. The Hall–Kier alpha value is 0.500. The summed E-state index contributed by atoms with van der Waals surface area (Å²) in [6.45, 7) is 4.51. The second-order valence-corrected chi connectivity index (χ2v) is 7.47. The average Bonchev–Trinajstić information content (AvgIpc) is 2.46. The van der Waals surface area contributed by atoms with E-state index in [2.05, 4.69) is 21.0 Å². The quantitative estimate of drug-likeness (QED) is 0.270. The summed E-state index contributed by atoms with van der Waals surface area (Å²) in [7, 11) is 4.52. The Kier molecular flexibility index (Phi) is 18.4. The van der Waals surface area contributed by atoms with Gasteiger partial charge in [0.2, 0.25) is 0 Å². The van der Waals surface area contributed by atoms with Gasteiger partial charge in [-0.3, -0.25) is 0 Å². The van der Waals surface area contributed by atoms with Crippen LogP contribution in [0.1, 0.15) is 77.6 Å². The van der Waals surface area contributed by atoms with Crippen molar-refractivity contribution in [1.29, 1.82) is 0 Å². The number of aliphatic hydroxyl groups is 1. The van der Waals surface area contributed by atoms with E-state index < -0.39 is 0 Å². The monoisotopic (exact) mass is 355 g/mol. The zero-order chi connectivity index (χ0) is 16.0. The highest BCUT2D eigenvalue weighted by molar-refractivity contribution is 6.18. The Bertz CT molecular complexity index is 225. The van der Waals surface area contributed by atoms with Crippen LogP contribution in [-0.4, -0.2) is 48.8 Å². The van der Waals surface area contributed by atoms with Crippen molar-refractivity contribution in [2.75, 3.05) is 33.1 Å². The van der Waals surface area contributed by atoms with Crippen molar-refractivity contribution >= 4 is 11.6 Å². The summed E-state index contributed by atoms with van der Waals surface area (Å²) in [6.07, 6.45) is 14.4. The highest BCUT2D eigenvalue weighted by Crippen LogP contribution is 2.12. The summed E-state index contributed by atoms with van der Waals surface area (Å²) < 4.78 is 1.00. The van der Waals surface area contributed by atoms with Gasteiger partial charge in [-0.05, 0) is 12.8 Å². The lowest BCUT2D eigenvalue weighted by Crippen LogP contribution is -3.00. The molecule has 0 saturated carbocycles. The van der Waals surface area contributed by atoms with Gasteiger partial charge in [0.25, 0.3) is 0 Å². The lowest BCUT2D eigenvalue weighted by molar-refractivity contribution is -0.891. The molecule has 4 heteroatoms. The summed E-state index contributed by atoms with van der Waals surface area (Å²) >= 11 is 5.64. The molecule has 0 rings (SSSR count). The third-order valence-electron chi connectivity index (χ3n) is 4.36. The fraction of sp³-hybridized carbons (Fsp3) is 1.00. The number of alkyl halides is 1. The zero-order valence-corrected chi connectivity index (χ0v) is 16.6. The van der Waals surface area contributed by atoms with Crippen molar-refractivity contribution in [3.63, 3.8) is 0 Å². The molecule has 1 atom stereocenters. The molecule has 0 fully saturated rings. The molecule has 1 unspecified atom stereocenters. The van der Waals surface area contributed by atoms with Crippen LogP contribution in [0.25, 0.3) is 0 Å². The molecule has 22 heavy (non-hydrogen) atoms. The van der Waals surface area contributed by atoms with E-state index in [1.807, 2.05) is 0 Å². The molecular weight excluding hydrogens is 317 g/mol. The van der Waals surface area contributed by atoms with Gasteiger partial charge in [0, 0.05) is 12.3 Å². The van der Waals surface area contributed by atoms with Gasteiger partial charge in [-0.2, -0.15) is 0 Å². The topological polar surface area (TPSA) is 20.2 Å². The van der Waals surface area contributed by atoms with Gasteiger partial charge in [0.05, 0.1) is 33.3 Å². The molecule has 1 N–H and O–H groups in total. The molecule has 0 spiro atoms. The Balaban J connectivity index is 0. The van der Waals surface area contributed by atoms with E-state index in [1.54, 1.807) is 0 Å². The number of rotatable bonds is 15. The lowest BCUT2D eigenvalue weighted by Gasteiger charge is -2.30. The van der Waals surface area contributed by atoms with Crippen LogP contribution in [0.3, 0.4) is 0 Å². The van der Waals surface area contributed by atoms with Crippen molar-refractivity contribution in [1.82, 2.24) is 0 Å². The minimum atomic E-state index is -0.336. The first kappa shape index (κ1) is 24.7. The molecule has 0 aromatic carbocycles. The molecule has 136 valence electrons. The van der Waals surface area contributed by atoms with Crippen LogP contribution in [0.4, 0.5) is 0 Å². The maximum atomic E-state index is 9.53. The van der Waals surface area contributed by atoms with Gasteiger partial charge >= 0.3 is 0 Å². The first-order valence-electron chi connectivity index (χ1n) is 9.08. The van der Waals surface area contributed by atoms with E-state index in [0.717, 1.165) is 17.4 Å². The second-order valence-electron chi connectivity index (χ2n) is 7.16. The molecule has 0 aromatic rings. The Morgan fingerprint density at radius 1 is 0.818 bits per heavy atom. The maximum absolute atomic E-state index is 9.53. The standard InChI is InChI=1S/C18H39ClNO.ClH/c1-4-5-6-7-8-9-10-11-12-13-15-20(2,3)16-14-18(21)17-19;/h18,21H,4-17H2,1-3H3;1H/q+1;/p-1. The summed E-state index contributed by atoms with van der Waals surface area (Å²) in [6, 6.07) is 0. The molecule has 0 aliphatic rings. The van der Waals surface area contributed by atoms with Crippen LogP contribution in [0.5, 0.6) is 0 Å². The van der Waals surface area contributed by atoms with Gasteiger partial charge in [-0.1, -0.05) is 58.3 Å². The largest absolute Gasteiger partial charge is 1.00 e. The molecule has 0 bridgehead atoms. The van der Waals surface area contributed by atoms with E-state index in [9.17, 15) is 5.11 Å². The Morgan fingerprint density at radius 2 is 1.27 bits per heavy atom. The predicted molar refractivity (Wildman–Crippen MR) is 95.0 cm³/mol. The zero-order valence-electron chi connectivity index (χ0n) is 15.1. The smallest absolute Gasteiger partial charge is 0.0807 e. The summed E-state index contributed by atoms with van der Waals surface area (Å²) in [4.78, 5) is 0. The van der Waals surface area contributed by atoms with Gasteiger partial charge in [-0.15, -0.1) is 11.6 Å². The van der Waals surface area contributed by atoms with Gasteiger partial charge < -0.3 is 22.0 Å². The summed E-state index contributed by atoms with van der Waals surface area (Å²) in [5.74, 6) is 0.359. The van der Waals surface area contributed by atoms with E-state index >= 15 is 0 Å². The number of nitrogens with zero attached hydrogens (tertiary/aromatic N) is 1. The maximum Gasteiger partial charge on any atom is 0.0807 e. The SMILES string of the molecule is CCCCCCCCCCCC[N+](C)(C)CCC(O)CCl.[Cl-].